The summed E-state index contributed by atoms with van der Waals surface area (Å²) in [6, 6.07) is 0. The van der Waals surface area contributed by atoms with Crippen LogP contribution in [-0.4, -0.2) is 8.41 Å². The van der Waals surface area contributed by atoms with Gasteiger partial charge in [-0.05, 0) is 5.41 Å². The molecule has 0 aliphatic heterocycles. The van der Waals surface area contributed by atoms with Crippen LogP contribution in [-0.2, 0) is 0 Å². The van der Waals surface area contributed by atoms with E-state index in [4.69, 9.17) is 0 Å². The van der Waals surface area contributed by atoms with Crippen LogP contribution in [0.5, 0.6) is 0 Å². The molecule has 0 fully saturated rings. The molecule has 0 heterocycles. The van der Waals surface area contributed by atoms with E-state index in [1.54, 1.807) is 0 Å². The van der Waals surface area contributed by atoms with Gasteiger partial charge < -0.3 is 0 Å². The van der Waals surface area contributed by atoms with Crippen LogP contribution in [0.15, 0.2) is 0 Å². The minimum atomic E-state index is 0. The predicted octanol–water partition coefficient (Wildman–Crippen LogP) is 3.33. The zero-order chi connectivity index (χ0) is 6.50. The van der Waals surface area contributed by atoms with Gasteiger partial charge in [-0.1, -0.05) is 49.0 Å². The van der Waals surface area contributed by atoms with Crippen LogP contribution >= 0.6 is 0 Å². The van der Waals surface area contributed by atoms with E-state index in [-0.39, 0.29) is 15.8 Å². The molecule has 0 aromatic carbocycles. The van der Waals surface area contributed by atoms with Gasteiger partial charge in [0.15, 0.2) is 0 Å². The van der Waals surface area contributed by atoms with E-state index >= 15 is 0 Å². The first-order chi connectivity index (χ1) is 3.00. The van der Waals surface area contributed by atoms with Crippen molar-refractivity contribution in [2.24, 2.45) is 5.41 Å². The van der Waals surface area contributed by atoms with Gasteiger partial charge in [0.1, 0.15) is 0 Å². The first kappa shape index (κ1) is 23.0. The van der Waals surface area contributed by atoms with Gasteiger partial charge >= 0.3 is 0 Å². The van der Waals surface area contributed by atoms with Crippen LogP contribution in [0.2, 0.25) is 0 Å². The molecule has 0 amide bonds. The SMILES string of the molecule is C.CC.CC(C)(C)C.[B]. The molecule has 0 saturated heterocycles. The number of hydrogen-bond donors (Lipinski definition) is 0. The van der Waals surface area contributed by atoms with Gasteiger partial charge in [0.05, 0.1) is 0 Å². The maximum absolute atomic E-state index is 2.19. The molecular formula is C8H22B. The van der Waals surface area contributed by atoms with Crippen LogP contribution in [0.25, 0.3) is 0 Å². The minimum absolute atomic E-state index is 0. The molecule has 0 atom stereocenters. The Morgan fingerprint density at radius 3 is 0.778 bits per heavy atom. The summed E-state index contributed by atoms with van der Waals surface area (Å²) in [6.45, 7) is 12.8. The molecule has 0 spiro atoms. The lowest BCUT2D eigenvalue weighted by molar-refractivity contribution is 0.469. The van der Waals surface area contributed by atoms with Crippen molar-refractivity contribution in [2.75, 3.05) is 0 Å². The molecule has 0 aliphatic carbocycles. The average molecular weight is 129 g/mol. The third-order valence-corrected chi connectivity index (χ3v) is 0. The molecular weight excluding hydrogens is 107 g/mol. The fourth-order valence-corrected chi connectivity index (χ4v) is 0. The van der Waals surface area contributed by atoms with Crippen LogP contribution in [0.4, 0.5) is 0 Å². The molecule has 9 heavy (non-hydrogen) atoms. The summed E-state index contributed by atoms with van der Waals surface area (Å²) in [5.74, 6) is 0. The van der Waals surface area contributed by atoms with E-state index in [9.17, 15) is 0 Å². The molecule has 0 nitrogen and oxygen atoms in total. The topological polar surface area (TPSA) is 0 Å². The van der Waals surface area contributed by atoms with Gasteiger partial charge in [-0.2, -0.15) is 0 Å². The molecule has 0 aliphatic rings. The van der Waals surface area contributed by atoms with Crippen molar-refractivity contribution in [3.63, 3.8) is 0 Å². The Balaban J connectivity index is -0.0000000286. The summed E-state index contributed by atoms with van der Waals surface area (Å²) < 4.78 is 0. The number of rotatable bonds is 0. The maximum atomic E-state index is 2.19. The minimum Gasteiger partial charge on any atom is -0.0776 e. The van der Waals surface area contributed by atoms with E-state index in [1.807, 2.05) is 13.8 Å². The van der Waals surface area contributed by atoms with Crippen molar-refractivity contribution >= 4 is 8.41 Å². The van der Waals surface area contributed by atoms with E-state index in [0.717, 1.165) is 0 Å². The van der Waals surface area contributed by atoms with Crippen molar-refractivity contribution in [1.82, 2.24) is 0 Å². The molecule has 0 saturated carbocycles. The molecule has 57 valence electrons. The van der Waals surface area contributed by atoms with Gasteiger partial charge in [-0.3, -0.25) is 0 Å². The summed E-state index contributed by atoms with van der Waals surface area (Å²) in [5.41, 5.74) is 0.500. The monoisotopic (exact) mass is 129 g/mol. The van der Waals surface area contributed by atoms with Crippen molar-refractivity contribution in [3.8, 4) is 0 Å². The van der Waals surface area contributed by atoms with Crippen LogP contribution in [0.1, 0.15) is 49.0 Å². The third kappa shape index (κ3) is 70400. The Kier molecular flexibility index (Phi) is 27.9. The van der Waals surface area contributed by atoms with E-state index in [1.165, 1.54) is 0 Å². The molecule has 0 aromatic heterocycles. The second-order valence-corrected chi connectivity index (χ2v) is 3.00. The molecule has 0 bridgehead atoms. The molecule has 0 unspecified atom stereocenters. The first-order valence-electron chi connectivity index (χ1n) is 3.00. The second-order valence-electron chi connectivity index (χ2n) is 3.00. The first-order valence-corrected chi connectivity index (χ1v) is 3.00. The smallest absolute Gasteiger partial charge is 0 e. The fraction of sp³-hybridized carbons (Fsp3) is 1.00. The highest BCUT2D eigenvalue weighted by molar-refractivity contribution is 5.75. The molecule has 0 aromatic rings. The van der Waals surface area contributed by atoms with Crippen molar-refractivity contribution in [2.45, 2.75) is 49.0 Å². The van der Waals surface area contributed by atoms with Gasteiger partial charge in [0.2, 0.25) is 0 Å². The Labute approximate surface area is 63.6 Å². The third-order valence-electron chi connectivity index (χ3n) is 0. The van der Waals surface area contributed by atoms with Gasteiger partial charge in [-0.15, -0.1) is 0 Å². The fourth-order valence-electron chi connectivity index (χ4n) is 0. The Hall–Kier alpha value is 0.0649. The zero-order valence-corrected chi connectivity index (χ0v) is 7.08. The van der Waals surface area contributed by atoms with Gasteiger partial charge in [0, 0.05) is 8.41 Å². The van der Waals surface area contributed by atoms with Crippen molar-refractivity contribution in [1.29, 1.82) is 0 Å². The van der Waals surface area contributed by atoms with Crippen molar-refractivity contribution < 1.29 is 0 Å². The normalized spacial score (nSPS) is 7.33. The number of hydrogen-bond acceptors (Lipinski definition) is 0. The Bertz CT molecular complexity index is 20.0. The summed E-state index contributed by atoms with van der Waals surface area (Å²) in [4.78, 5) is 0. The predicted molar refractivity (Wildman–Crippen MR) is 49.0 cm³/mol. The lowest BCUT2D eigenvalue weighted by atomic mass is 10.0. The van der Waals surface area contributed by atoms with Gasteiger partial charge in [0.25, 0.3) is 0 Å². The van der Waals surface area contributed by atoms with Crippen LogP contribution in [0, 0.1) is 5.41 Å². The maximum Gasteiger partial charge on any atom is 0 e. The van der Waals surface area contributed by atoms with E-state index in [0.29, 0.717) is 5.41 Å². The summed E-state index contributed by atoms with van der Waals surface area (Å²) in [5, 5.41) is 0. The Morgan fingerprint density at radius 2 is 0.778 bits per heavy atom. The summed E-state index contributed by atoms with van der Waals surface area (Å²) in [7, 11) is 0. The van der Waals surface area contributed by atoms with Crippen molar-refractivity contribution in [3.05, 3.63) is 0 Å². The highest BCUT2D eigenvalue weighted by atomic mass is 14.0. The highest BCUT2D eigenvalue weighted by Crippen LogP contribution is 2.07. The van der Waals surface area contributed by atoms with Crippen LogP contribution in [0.3, 0.4) is 0 Å². The molecule has 0 N–H and O–H groups in total. The lowest BCUT2D eigenvalue weighted by Crippen LogP contribution is -1.93. The average Bonchev–Trinajstić information content (AvgIpc) is 1.36. The van der Waals surface area contributed by atoms with Crippen LogP contribution < -0.4 is 0 Å². The van der Waals surface area contributed by atoms with E-state index < -0.39 is 0 Å². The molecule has 1 heteroatoms. The molecule has 3 radical (unpaired) electrons. The quantitative estimate of drug-likeness (QED) is 0.440. The Morgan fingerprint density at radius 1 is 0.778 bits per heavy atom. The van der Waals surface area contributed by atoms with Gasteiger partial charge in [-0.25, -0.2) is 0 Å². The zero-order valence-electron chi connectivity index (χ0n) is 7.08. The second kappa shape index (κ2) is 10.9. The van der Waals surface area contributed by atoms with E-state index in [2.05, 4.69) is 27.7 Å². The largest absolute Gasteiger partial charge is 0.0776 e. The molecule has 0 rings (SSSR count). The highest BCUT2D eigenvalue weighted by Gasteiger charge is 1.95. The standard InChI is InChI=1S/C5H12.C2H6.CH4.B/c1-5(2,3)4;1-2;;/h1-4H3;1-2H3;1H4;. The summed E-state index contributed by atoms with van der Waals surface area (Å²) >= 11 is 0. The lowest BCUT2D eigenvalue weighted by Gasteiger charge is -2.05. The summed E-state index contributed by atoms with van der Waals surface area (Å²) in [6.07, 6.45) is 0.